The first-order chi connectivity index (χ1) is 14.6. The molecule has 0 fully saturated rings. The number of hydrogen-bond donors (Lipinski definition) is 1. The lowest BCUT2D eigenvalue weighted by molar-refractivity contribution is -0.120. The number of nitrogens with zero attached hydrogens (tertiary/aromatic N) is 2. The molecular weight excluding hydrogens is 394 g/mol. The van der Waals surface area contributed by atoms with E-state index in [2.05, 4.69) is 27.3 Å². The monoisotopic (exact) mass is 423 g/mol. The molecule has 30 heavy (non-hydrogen) atoms. The van der Waals surface area contributed by atoms with Crippen LogP contribution in [-0.2, 0) is 17.6 Å². The topological polar surface area (TPSA) is 54.5 Å². The third kappa shape index (κ3) is 6.15. The molecule has 0 saturated heterocycles. The Labute approximate surface area is 182 Å². The fraction of sp³-hybridized carbons (Fsp3) is 0.333. The van der Waals surface area contributed by atoms with Crippen LogP contribution in [0.25, 0.3) is 10.6 Å². The Kier molecular flexibility index (Phi) is 7.99. The molecule has 0 radical (unpaired) electrons. The lowest BCUT2D eigenvalue weighted by Gasteiger charge is -2.24. The van der Waals surface area contributed by atoms with Crippen LogP contribution >= 0.6 is 11.3 Å². The maximum Gasteiger partial charge on any atom is 0.226 e. The molecule has 1 amide bonds. The van der Waals surface area contributed by atoms with Gasteiger partial charge < -0.3 is 15.0 Å². The molecule has 1 atom stereocenters. The Morgan fingerprint density at radius 1 is 1.13 bits per heavy atom. The SMILES string of the molecule is CCOc1ccccc1-c1nc(CC(=O)NCC(Cc2ccccc2)N(C)C)cs1. The highest BCUT2D eigenvalue weighted by molar-refractivity contribution is 7.13. The van der Waals surface area contributed by atoms with E-state index in [1.54, 1.807) is 0 Å². The Bertz CT molecular complexity index is 940. The number of aromatic nitrogens is 1. The van der Waals surface area contributed by atoms with Crippen molar-refractivity contribution in [2.45, 2.75) is 25.8 Å². The molecule has 5 nitrogen and oxygen atoms in total. The molecule has 0 aliphatic carbocycles. The van der Waals surface area contributed by atoms with Crippen LogP contribution in [0.1, 0.15) is 18.2 Å². The van der Waals surface area contributed by atoms with Crippen LogP contribution in [0, 0.1) is 0 Å². The summed E-state index contributed by atoms with van der Waals surface area (Å²) in [5.41, 5.74) is 3.01. The third-order valence-corrected chi connectivity index (χ3v) is 5.81. The number of hydrogen-bond acceptors (Lipinski definition) is 5. The van der Waals surface area contributed by atoms with Gasteiger partial charge in [0.15, 0.2) is 0 Å². The van der Waals surface area contributed by atoms with Gasteiger partial charge in [-0.3, -0.25) is 4.79 Å². The minimum absolute atomic E-state index is 0.00939. The Morgan fingerprint density at radius 2 is 1.87 bits per heavy atom. The van der Waals surface area contributed by atoms with E-state index in [4.69, 9.17) is 4.74 Å². The van der Waals surface area contributed by atoms with Crippen molar-refractivity contribution >= 4 is 17.2 Å². The number of rotatable bonds is 10. The third-order valence-electron chi connectivity index (χ3n) is 4.89. The minimum Gasteiger partial charge on any atom is -0.493 e. The summed E-state index contributed by atoms with van der Waals surface area (Å²) in [6, 6.07) is 18.5. The van der Waals surface area contributed by atoms with Gasteiger partial charge in [-0.1, -0.05) is 42.5 Å². The molecule has 0 aliphatic rings. The van der Waals surface area contributed by atoms with Gasteiger partial charge in [-0.15, -0.1) is 11.3 Å². The highest BCUT2D eigenvalue weighted by Crippen LogP contribution is 2.32. The van der Waals surface area contributed by atoms with Crippen LogP contribution in [0.5, 0.6) is 5.75 Å². The van der Waals surface area contributed by atoms with E-state index in [-0.39, 0.29) is 18.4 Å². The second-order valence-corrected chi connectivity index (χ2v) is 8.22. The number of ether oxygens (including phenoxy) is 1. The first-order valence-electron chi connectivity index (χ1n) is 10.2. The number of nitrogens with one attached hydrogen (secondary N) is 1. The zero-order valence-corrected chi connectivity index (χ0v) is 18.6. The quantitative estimate of drug-likeness (QED) is 0.535. The number of carbonyl (C=O) groups excluding carboxylic acids is 1. The van der Waals surface area contributed by atoms with Crippen LogP contribution in [0.4, 0.5) is 0 Å². The summed E-state index contributed by atoms with van der Waals surface area (Å²) >= 11 is 1.54. The van der Waals surface area contributed by atoms with E-state index in [0.717, 1.165) is 28.4 Å². The number of likely N-dealkylation sites (N-methyl/N-ethyl adjacent to an activating group) is 1. The Hall–Kier alpha value is -2.70. The second kappa shape index (κ2) is 10.9. The number of benzene rings is 2. The molecular formula is C24H29N3O2S. The van der Waals surface area contributed by atoms with Crippen molar-refractivity contribution in [3.8, 4) is 16.3 Å². The van der Waals surface area contributed by atoms with E-state index < -0.39 is 0 Å². The standard InChI is InChI=1S/C24H29N3O2S/c1-4-29-22-13-9-8-12-21(22)24-26-19(17-30-24)15-23(28)25-16-20(27(2)3)14-18-10-6-5-7-11-18/h5-13,17,20H,4,14-16H2,1-3H3,(H,25,28). The maximum absolute atomic E-state index is 12.5. The van der Waals surface area contributed by atoms with Gasteiger partial charge in [-0.25, -0.2) is 4.98 Å². The van der Waals surface area contributed by atoms with Gasteiger partial charge in [0, 0.05) is 18.0 Å². The minimum atomic E-state index is -0.00939. The highest BCUT2D eigenvalue weighted by atomic mass is 32.1. The van der Waals surface area contributed by atoms with Gasteiger partial charge in [0.25, 0.3) is 0 Å². The molecule has 0 bridgehead atoms. The van der Waals surface area contributed by atoms with Crippen molar-refractivity contribution < 1.29 is 9.53 Å². The number of para-hydroxylation sites is 1. The molecule has 0 spiro atoms. The number of thiazole rings is 1. The van der Waals surface area contributed by atoms with Gasteiger partial charge in [0.2, 0.25) is 5.91 Å². The normalized spacial score (nSPS) is 12.0. The first kappa shape index (κ1) is 22.0. The predicted octanol–water partition coefficient (Wildman–Crippen LogP) is 4.04. The van der Waals surface area contributed by atoms with E-state index in [1.807, 2.05) is 68.9 Å². The van der Waals surface area contributed by atoms with Crippen LogP contribution in [0.15, 0.2) is 60.0 Å². The molecule has 1 unspecified atom stereocenters. The summed E-state index contributed by atoms with van der Waals surface area (Å²) in [4.78, 5) is 19.3. The second-order valence-electron chi connectivity index (χ2n) is 7.36. The lowest BCUT2D eigenvalue weighted by atomic mass is 10.1. The summed E-state index contributed by atoms with van der Waals surface area (Å²) in [7, 11) is 4.09. The largest absolute Gasteiger partial charge is 0.493 e. The molecule has 158 valence electrons. The van der Waals surface area contributed by atoms with Gasteiger partial charge in [0.05, 0.1) is 24.3 Å². The molecule has 1 heterocycles. The average molecular weight is 424 g/mol. The smallest absolute Gasteiger partial charge is 0.226 e. The van der Waals surface area contributed by atoms with Gasteiger partial charge >= 0.3 is 0 Å². The van der Waals surface area contributed by atoms with E-state index in [9.17, 15) is 4.79 Å². The maximum atomic E-state index is 12.5. The van der Waals surface area contributed by atoms with Crippen LogP contribution in [0.2, 0.25) is 0 Å². The zero-order chi connectivity index (χ0) is 21.3. The molecule has 6 heteroatoms. The van der Waals surface area contributed by atoms with Crippen molar-refractivity contribution in [3.63, 3.8) is 0 Å². The summed E-state index contributed by atoms with van der Waals surface area (Å²) in [6.07, 6.45) is 1.17. The van der Waals surface area contributed by atoms with Crippen molar-refractivity contribution in [2.24, 2.45) is 0 Å². The fourth-order valence-electron chi connectivity index (χ4n) is 3.22. The summed E-state index contributed by atoms with van der Waals surface area (Å²) in [5, 5.41) is 5.89. The molecule has 2 aromatic carbocycles. The van der Waals surface area contributed by atoms with Gasteiger partial charge in [-0.05, 0) is 45.1 Å². The molecule has 0 aliphatic heterocycles. The summed E-state index contributed by atoms with van der Waals surface area (Å²) in [6.45, 7) is 3.17. The Balaban J connectivity index is 1.57. The van der Waals surface area contributed by atoms with E-state index >= 15 is 0 Å². The van der Waals surface area contributed by atoms with Crippen molar-refractivity contribution in [3.05, 3.63) is 71.2 Å². The molecule has 1 N–H and O–H groups in total. The first-order valence-corrected chi connectivity index (χ1v) is 11.1. The predicted molar refractivity (Wildman–Crippen MR) is 123 cm³/mol. The molecule has 3 rings (SSSR count). The summed E-state index contributed by atoms with van der Waals surface area (Å²) in [5.74, 6) is 0.810. The van der Waals surface area contributed by atoms with Crippen LogP contribution in [-0.4, -0.2) is 49.1 Å². The van der Waals surface area contributed by atoms with Crippen molar-refractivity contribution in [1.29, 1.82) is 0 Å². The molecule has 0 saturated carbocycles. The number of amides is 1. The average Bonchev–Trinajstić information content (AvgIpc) is 3.20. The van der Waals surface area contributed by atoms with Gasteiger partial charge in [0.1, 0.15) is 10.8 Å². The number of carbonyl (C=O) groups is 1. The van der Waals surface area contributed by atoms with Crippen molar-refractivity contribution in [2.75, 3.05) is 27.2 Å². The highest BCUT2D eigenvalue weighted by Gasteiger charge is 2.16. The lowest BCUT2D eigenvalue weighted by Crippen LogP contribution is -2.42. The Morgan fingerprint density at radius 3 is 2.60 bits per heavy atom. The van der Waals surface area contributed by atoms with Gasteiger partial charge in [-0.2, -0.15) is 0 Å². The van der Waals surface area contributed by atoms with Crippen LogP contribution in [0.3, 0.4) is 0 Å². The summed E-state index contributed by atoms with van der Waals surface area (Å²) < 4.78 is 5.70. The van der Waals surface area contributed by atoms with Crippen LogP contribution < -0.4 is 10.1 Å². The molecule has 1 aromatic heterocycles. The fourth-order valence-corrected chi connectivity index (χ4v) is 4.07. The van der Waals surface area contributed by atoms with E-state index in [1.165, 1.54) is 16.9 Å². The zero-order valence-electron chi connectivity index (χ0n) is 17.8. The molecule has 3 aromatic rings. The van der Waals surface area contributed by atoms with Crippen molar-refractivity contribution in [1.82, 2.24) is 15.2 Å². The van der Waals surface area contributed by atoms with E-state index in [0.29, 0.717) is 13.2 Å².